The zero-order valence-corrected chi connectivity index (χ0v) is 15.9. The van der Waals surface area contributed by atoms with Crippen LogP contribution in [0.25, 0.3) is 0 Å². The highest BCUT2D eigenvalue weighted by atomic mass is 16.6. The summed E-state index contributed by atoms with van der Waals surface area (Å²) in [5.74, 6) is -1.18. The fraction of sp³-hybridized carbons (Fsp3) is 0.500. The van der Waals surface area contributed by atoms with Crippen LogP contribution in [0.2, 0.25) is 0 Å². The average Bonchev–Trinajstić information content (AvgIpc) is 2.59. The van der Waals surface area contributed by atoms with E-state index in [1.165, 1.54) is 0 Å². The molecule has 144 valence electrons. The minimum absolute atomic E-state index is 0.0850. The summed E-state index contributed by atoms with van der Waals surface area (Å²) in [7, 11) is 0. The SMILES string of the molecule is [2H]C(=C(CC)C(=O)O)C([2H])N(CCNC(=O)OC(C)(C)C)Cc1ccccc1. The van der Waals surface area contributed by atoms with Crippen LogP contribution in [0.15, 0.2) is 42.0 Å². The molecule has 26 heavy (non-hydrogen) atoms. The van der Waals surface area contributed by atoms with Crippen molar-refractivity contribution in [3.05, 3.63) is 47.5 Å². The van der Waals surface area contributed by atoms with Crippen LogP contribution in [0.3, 0.4) is 0 Å². The molecule has 0 aliphatic carbocycles. The maximum atomic E-state index is 11.8. The number of benzene rings is 1. The summed E-state index contributed by atoms with van der Waals surface area (Å²) >= 11 is 0. The van der Waals surface area contributed by atoms with Crippen molar-refractivity contribution in [2.45, 2.75) is 46.3 Å². The Bertz CT molecular complexity index is 687. The fourth-order valence-corrected chi connectivity index (χ4v) is 2.11. The zero-order chi connectivity index (χ0) is 21.3. The molecule has 1 atom stereocenters. The Labute approximate surface area is 158 Å². The Kier molecular flexibility index (Phi) is 7.53. The molecular formula is C20H30N2O4. The van der Waals surface area contributed by atoms with E-state index < -0.39 is 24.2 Å². The summed E-state index contributed by atoms with van der Waals surface area (Å²) in [5.41, 5.74) is 0.233. The van der Waals surface area contributed by atoms with Crippen LogP contribution in [0, 0.1) is 0 Å². The van der Waals surface area contributed by atoms with Crippen LogP contribution in [0.4, 0.5) is 4.79 Å². The van der Waals surface area contributed by atoms with E-state index in [1.54, 1.807) is 32.6 Å². The number of carbonyl (C=O) groups is 2. The number of amides is 1. The molecule has 0 fully saturated rings. The summed E-state index contributed by atoms with van der Waals surface area (Å²) < 4.78 is 21.8. The molecule has 6 nitrogen and oxygen atoms in total. The second-order valence-electron chi connectivity index (χ2n) is 6.80. The van der Waals surface area contributed by atoms with E-state index in [9.17, 15) is 14.7 Å². The summed E-state index contributed by atoms with van der Waals surface area (Å²) in [6.45, 7) is 6.61. The number of carbonyl (C=O) groups excluding carboxylic acids is 1. The van der Waals surface area contributed by atoms with E-state index in [4.69, 9.17) is 7.48 Å². The lowest BCUT2D eigenvalue weighted by Gasteiger charge is -2.23. The molecular weight excluding hydrogens is 332 g/mol. The van der Waals surface area contributed by atoms with Crippen LogP contribution in [-0.2, 0) is 16.1 Å². The van der Waals surface area contributed by atoms with Gasteiger partial charge in [-0.2, -0.15) is 0 Å². The van der Waals surface area contributed by atoms with Gasteiger partial charge in [0.05, 0.1) is 1.37 Å². The summed E-state index contributed by atoms with van der Waals surface area (Å²) in [6, 6.07) is 9.17. The second kappa shape index (κ2) is 10.6. The van der Waals surface area contributed by atoms with Crippen LogP contribution < -0.4 is 5.32 Å². The van der Waals surface area contributed by atoms with Crippen molar-refractivity contribution in [2.75, 3.05) is 19.6 Å². The molecule has 0 heterocycles. The van der Waals surface area contributed by atoms with Gasteiger partial charge < -0.3 is 15.2 Å². The van der Waals surface area contributed by atoms with E-state index in [0.717, 1.165) is 5.56 Å². The molecule has 2 N–H and O–H groups in total. The van der Waals surface area contributed by atoms with Gasteiger partial charge in [-0.05, 0) is 32.8 Å². The van der Waals surface area contributed by atoms with Gasteiger partial charge in [0.1, 0.15) is 5.60 Å². The largest absolute Gasteiger partial charge is 0.478 e. The van der Waals surface area contributed by atoms with E-state index in [1.807, 2.05) is 30.3 Å². The smallest absolute Gasteiger partial charge is 0.407 e. The van der Waals surface area contributed by atoms with Crippen LogP contribution >= 0.6 is 0 Å². The fourth-order valence-electron chi connectivity index (χ4n) is 2.11. The molecule has 1 aromatic carbocycles. The minimum Gasteiger partial charge on any atom is -0.478 e. The third-order valence-electron chi connectivity index (χ3n) is 3.33. The van der Waals surface area contributed by atoms with Crippen molar-refractivity contribution in [3.8, 4) is 0 Å². The first-order chi connectivity index (χ1) is 13.0. The number of ether oxygens (including phenoxy) is 1. The molecule has 0 saturated carbocycles. The van der Waals surface area contributed by atoms with E-state index in [-0.39, 0.29) is 31.1 Å². The van der Waals surface area contributed by atoms with Crippen LogP contribution in [0.5, 0.6) is 0 Å². The van der Waals surface area contributed by atoms with Gasteiger partial charge in [0.15, 0.2) is 0 Å². The molecule has 0 aliphatic rings. The molecule has 0 aliphatic heterocycles. The van der Waals surface area contributed by atoms with Gasteiger partial charge in [-0.3, -0.25) is 4.90 Å². The quantitative estimate of drug-likeness (QED) is 0.656. The number of carboxylic acid groups (broad SMARTS) is 1. The monoisotopic (exact) mass is 364 g/mol. The Morgan fingerprint density at radius 3 is 2.54 bits per heavy atom. The maximum Gasteiger partial charge on any atom is 0.407 e. The third kappa shape index (κ3) is 9.22. The van der Waals surface area contributed by atoms with E-state index >= 15 is 0 Å². The Morgan fingerprint density at radius 1 is 1.35 bits per heavy atom. The van der Waals surface area contributed by atoms with Crippen molar-refractivity contribution >= 4 is 12.1 Å². The van der Waals surface area contributed by atoms with Crippen molar-refractivity contribution in [2.24, 2.45) is 0 Å². The lowest BCUT2D eigenvalue weighted by Crippen LogP contribution is -2.38. The third-order valence-corrected chi connectivity index (χ3v) is 3.33. The number of carboxylic acids is 1. The summed E-state index contributed by atoms with van der Waals surface area (Å²) in [4.78, 5) is 24.8. The van der Waals surface area contributed by atoms with Gasteiger partial charge in [-0.1, -0.05) is 43.3 Å². The molecule has 0 spiro atoms. The summed E-state index contributed by atoms with van der Waals surface area (Å²) in [5, 5.41) is 11.9. The highest BCUT2D eigenvalue weighted by molar-refractivity contribution is 5.86. The molecule has 0 radical (unpaired) electrons. The van der Waals surface area contributed by atoms with Gasteiger partial charge in [-0.25, -0.2) is 9.59 Å². The maximum absolute atomic E-state index is 11.8. The standard InChI is InChI=1S/C20H30N2O4/c1-5-17(18(23)24)11-13-22(15-16-9-7-6-8-10-16)14-12-21-19(25)26-20(2,3)4/h6-11H,5,12-15H2,1-4H3,(H,21,25)(H,23,24)/i11D,13D. The van der Waals surface area contributed by atoms with Gasteiger partial charge in [-0.15, -0.1) is 0 Å². The molecule has 0 bridgehead atoms. The Balaban J connectivity index is 2.90. The van der Waals surface area contributed by atoms with Gasteiger partial charge >= 0.3 is 12.1 Å². The normalized spacial score (nSPS) is 14.8. The molecule has 1 aromatic rings. The number of hydrogen-bond donors (Lipinski definition) is 2. The number of alkyl carbamates (subject to hydrolysis) is 1. The highest BCUT2D eigenvalue weighted by Gasteiger charge is 2.16. The number of aliphatic carboxylic acids is 1. The first-order valence-electron chi connectivity index (χ1n) is 9.73. The first-order valence-corrected chi connectivity index (χ1v) is 8.65. The van der Waals surface area contributed by atoms with E-state index in [0.29, 0.717) is 6.54 Å². The number of hydrogen-bond acceptors (Lipinski definition) is 4. The molecule has 1 unspecified atom stereocenters. The van der Waals surface area contributed by atoms with Crippen molar-refractivity contribution in [1.29, 1.82) is 0 Å². The Hall–Kier alpha value is -2.34. The summed E-state index contributed by atoms with van der Waals surface area (Å²) in [6.07, 6.45) is -0.395. The number of nitrogens with one attached hydrogen (secondary N) is 1. The number of nitrogens with zero attached hydrogens (tertiary/aromatic N) is 1. The van der Waals surface area contributed by atoms with Crippen molar-refractivity contribution in [1.82, 2.24) is 10.2 Å². The van der Waals surface area contributed by atoms with Crippen molar-refractivity contribution in [3.63, 3.8) is 0 Å². The molecule has 1 amide bonds. The lowest BCUT2D eigenvalue weighted by atomic mass is 10.1. The molecule has 6 heteroatoms. The molecule has 1 rings (SSSR count). The Morgan fingerprint density at radius 2 is 2.00 bits per heavy atom. The molecule has 0 saturated heterocycles. The van der Waals surface area contributed by atoms with Gasteiger partial charge in [0.2, 0.25) is 0 Å². The highest BCUT2D eigenvalue weighted by Crippen LogP contribution is 2.08. The van der Waals surface area contributed by atoms with Gasteiger partial charge in [0, 0.05) is 33.1 Å². The predicted molar refractivity (Wildman–Crippen MR) is 102 cm³/mol. The molecule has 0 aromatic heterocycles. The minimum atomic E-state index is -1.18. The van der Waals surface area contributed by atoms with Crippen LogP contribution in [0.1, 0.15) is 42.4 Å². The van der Waals surface area contributed by atoms with Crippen LogP contribution in [-0.4, -0.2) is 47.3 Å². The zero-order valence-electron chi connectivity index (χ0n) is 17.9. The lowest BCUT2D eigenvalue weighted by molar-refractivity contribution is -0.132. The van der Waals surface area contributed by atoms with Crippen molar-refractivity contribution < 1.29 is 22.2 Å². The first kappa shape index (κ1) is 18.5. The van der Waals surface area contributed by atoms with Gasteiger partial charge in [0.25, 0.3) is 0 Å². The second-order valence-corrected chi connectivity index (χ2v) is 6.80. The number of rotatable bonds is 9. The van der Waals surface area contributed by atoms with E-state index in [2.05, 4.69) is 5.32 Å². The average molecular weight is 364 g/mol. The predicted octanol–water partition coefficient (Wildman–Crippen LogP) is 3.43. The topological polar surface area (TPSA) is 78.9 Å².